The van der Waals surface area contributed by atoms with Crippen molar-refractivity contribution in [2.75, 3.05) is 0 Å². The maximum Gasteiger partial charge on any atom is 0.136 e. The Morgan fingerprint density at radius 3 is 1.88 bits per heavy atom. The van der Waals surface area contributed by atoms with Gasteiger partial charge < -0.3 is 4.42 Å². The van der Waals surface area contributed by atoms with Crippen molar-refractivity contribution in [2.24, 2.45) is 5.92 Å². The second-order valence-corrected chi connectivity index (χ2v) is 16.7. The minimum Gasteiger partial charge on any atom is -0.456 e. The predicted molar refractivity (Wildman–Crippen MR) is 245 cm³/mol. The summed E-state index contributed by atoms with van der Waals surface area (Å²) in [4.78, 5) is 0. The molecule has 9 aromatic carbocycles. The second kappa shape index (κ2) is 12.6. The van der Waals surface area contributed by atoms with Gasteiger partial charge in [-0.05, 0) is 132 Å². The molecule has 2 heteroatoms. The van der Waals surface area contributed by atoms with E-state index in [-0.39, 0.29) is 0 Å². The zero-order chi connectivity index (χ0) is 37.6. The highest BCUT2D eigenvalue weighted by molar-refractivity contribution is 7.25. The molecule has 0 N–H and O–H groups in total. The Labute approximate surface area is 334 Å². The first-order valence-electron chi connectivity index (χ1n) is 19.9. The molecule has 0 aliphatic heterocycles. The van der Waals surface area contributed by atoms with E-state index in [0.717, 1.165) is 17.4 Å². The molecule has 57 heavy (non-hydrogen) atoms. The average Bonchev–Trinajstić information content (AvgIpc) is 3.83. The molecule has 1 aliphatic carbocycles. The largest absolute Gasteiger partial charge is 0.456 e. The van der Waals surface area contributed by atoms with Crippen LogP contribution in [-0.2, 0) is 0 Å². The first-order valence-corrected chi connectivity index (χ1v) is 20.7. The molecule has 11 aromatic rings. The van der Waals surface area contributed by atoms with Crippen molar-refractivity contribution in [3.63, 3.8) is 0 Å². The SMILES string of the molecule is CC1C=c2oc3cccc(-c4c5ccccc5c(-c5cc(-c6cccc7sc8ccccc8c67)cc6cc(-c7ccccc7)ccc56)c5ccccc45)c3c2=CC1. The Bertz CT molecular complexity index is 3510. The van der Waals surface area contributed by atoms with E-state index in [1.54, 1.807) is 0 Å². The van der Waals surface area contributed by atoms with Gasteiger partial charge in [0, 0.05) is 30.8 Å². The van der Waals surface area contributed by atoms with Crippen LogP contribution in [0.2, 0.25) is 0 Å². The Balaban J connectivity index is 1.21. The molecular formula is C55H36OS. The molecule has 1 aliphatic rings. The third-order valence-electron chi connectivity index (χ3n) is 12.2. The van der Waals surface area contributed by atoms with E-state index >= 15 is 0 Å². The van der Waals surface area contributed by atoms with Crippen LogP contribution in [-0.4, -0.2) is 0 Å². The molecule has 1 nitrogen and oxygen atoms in total. The number of thiophene rings is 1. The summed E-state index contributed by atoms with van der Waals surface area (Å²) in [7, 11) is 0. The van der Waals surface area contributed by atoms with Crippen molar-refractivity contribution in [2.45, 2.75) is 13.3 Å². The van der Waals surface area contributed by atoms with Gasteiger partial charge in [-0.25, -0.2) is 0 Å². The lowest BCUT2D eigenvalue weighted by Crippen LogP contribution is -2.25. The minimum absolute atomic E-state index is 0.460. The van der Waals surface area contributed by atoms with E-state index in [9.17, 15) is 0 Å². The van der Waals surface area contributed by atoms with Crippen molar-refractivity contribution in [3.8, 4) is 44.5 Å². The molecule has 0 amide bonds. The van der Waals surface area contributed by atoms with Crippen molar-refractivity contribution in [1.82, 2.24) is 0 Å². The highest BCUT2D eigenvalue weighted by Gasteiger charge is 2.22. The van der Waals surface area contributed by atoms with Gasteiger partial charge in [-0.1, -0.05) is 146 Å². The Morgan fingerprint density at radius 2 is 1.11 bits per heavy atom. The maximum absolute atomic E-state index is 6.55. The molecule has 0 fully saturated rings. The molecule has 0 bridgehead atoms. The molecule has 0 saturated heterocycles. The van der Waals surface area contributed by atoms with Gasteiger partial charge in [0.2, 0.25) is 0 Å². The molecule has 0 saturated carbocycles. The number of rotatable bonds is 4. The van der Waals surface area contributed by atoms with Gasteiger partial charge >= 0.3 is 0 Å². The standard InChI is InChI=1S/C55H36OS/c1-33-25-27-44-49(29-33)56-48-22-11-21-46(54(44)48)52-40-15-5-7-17-42(40)53(43-18-8-6-16-41(43)52)47-32-37(31-36-30-35(26-28-38(36)47)34-13-3-2-4-14-34)39-20-12-24-51-55(39)45-19-9-10-23-50(45)57-51/h2-24,26-33H,25H2,1H3. The van der Waals surface area contributed by atoms with Crippen LogP contribution in [0.15, 0.2) is 174 Å². The van der Waals surface area contributed by atoms with Crippen LogP contribution in [0.3, 0.4) is 0 Å². The summed E-state index contributed by atoms with van der Waals surface area (Å²) in [5.74, 6) is 0.460. The second-order valence-electron chi connectivity index (χ2n) is 15.6. The lowest BCUT2D eigenvalue weighted by atomic mass is 9.82. The van der Waals surface area contributed by atoms with Crippen LogP contribution >= 0.6 is 11.3 Å². The summed E-state index contributed by atoms with van der Waals surface area (Å²) < 4.78 is 9.18. The predicted octanol–water partition coefficient (Wildman–Crippen LogP) is 14.5. The monoisotopic (exact) mass is 744 g/mol. The summed E-state index contributed by atoms with van der Waals surface area (Å²) in [6, 6.07) is 63.0. The number of benzene rings is 9. The van der Waals surface area contributed by atoms with Crippen LogP contribution in [0.4, 0.5) is 0 Å². The third kappa shape index (κ3) is 5.01. The molecule has 268 valence electrons. The lowest BCUT2D eigenvalue weighted by molar-refractivity contribution is 0.565. The molecule has 12 rings (SSSR count). The van der Waals surface area contributed by atoms with E-state index in [1.165, 1.54) is 108 Å². The summed E-state index contributed by atoms with van der Waals surface area (Å²) in [5, 5.41) is 12.5. The summed E-state index contributed by atoms with van der Waals surface area (Å²) in [5.41, 5.74) is 11.9. The van der Waals surface area contributed by atoms with Crippen LogP contribution in [0, 0.1) is 5.92 Å². The third-order valence-corrected chi connectivity index (χ3v) is 13.3. The topological polar surface area (TPSA) is 13.1 Å². The lowest BCUT2D eigenvalue weighted by Gasteiger charge is -2.20. The van der Waals surface area contributed by atoms with Gasteiger partial charge in [-0.3, -0.25) is 0 Å². The van der Waals surface area contributed by atoms with Gasteiger partial charge in [-0.2, -0.15) is 0 Å². The Kier molecular flexibility index (Phi) is 7.21. The van der Waals surface area contributed by atoms with Gasteiger partial charge in [0.1, 0.15) is 11.0 Å². The van der Waals surface area contributed by atoms with Gasteiger partial charge in [0.25, 0.3) is 0 Å². The van der Waals surface area contributed by atoms with Gasteiger partial charge in [0.05, 0.1) is 0 Å². The molecule has 1 atom stereocenters. The molecule has 2 heterocycles. The Hall–Kier alpha value is -6.74. The zero-order valence-electron chi connectivity index (χ0n) is 31.4. The van der Waals surface area contributed by atoms with Crippen molar-refractivity contribution >= 4 is 86.9 Å². The number of hydrogen-bond donors (Lipinski definition) is 0. The first-order chi connectivity index (χ1) is 28.2. The van der Waals surface area contributed by atoms with E-state index in [0.29, 0.717) is 5.92 Å². The molecule has 0 radical (unpaired) electrons. The van der Waals surface area contributed by atoms with Crippen molar-refractivity contribution in [1.29, 1.82) is 0 Å². The minimum atomic E-state index is 0.460. The smallest absolute Gasteiger partial charge is 0.136 e. The number of hydrogen-bond acceptors (Lipinski definition) is 2. The molecular weight excluding hydrogens is 709 g/mol. The van der Waals surface area contributed by atoms with Gasteiger partial charge in [0.15, 0.2) is 0 Å². The van der Waals surface area contributed by atoms with Crippen LogP contribution in [0.5, 0.6) is 0 Å². The number of furan rings is 1. The molecule has 1 unspecified atom stereocenters. The highest BCUT2D eigenvalue weighted by atomic mass is 32.1. The fourth-order valence-electron chi connectivity index (χ4n) is 9.62. The number of fused-ring (bicyclic) bond motifs is 9. The van der Waals surface area contributed by atoms with Crippen LogP contribution in [0.1, 0.15) is 13.3 Å². The summed E-state index contributed by atoms with van der Waals surface area (Å²) in [6.45, 7) is 2.26. The maximum atomic E-state index is 6.55. The first kappa shape index (κ1) is 32.5. The fraction of sp³-hybridized carbons (Fsp3) is 0.0545. The normalized spacial score (nSPS) is 14.1. The van der Waals surface area contributed by atoms with Crippen molar-refractivity contribution in [3.05, 3.63) is 180 Å². The highest BCUT2D eigenvalue weighted by Crippen LogP contribution is 2.49. The van der Waals surface area contributed by atoms with E-state index in [2.05, 4.69) is 189 Å². The Morgan fingerprint density at radius 1 is 0.474 bits per heavy atom. The fourth-order valence-corrected chi connectivity index (χ4v) is 10.8. The van der Waals surface area contributed by atoms with E-state index < -0.39 is 0 Å². The zero-order valence-corrected chi connectivity index (χ0v) is 32.2. The molecule has 2 aromatic heterocycles. The van der Waals surface area contributed by atoms with E-state index in [4.69, 9.17) is 4.42 Å². The summed E-state index contributed by atoms with van der Waals surface area (Å²) in [6.07, 6.45) is 5.69. The average molecular weight is 745 g/mol. The van der Waals surface area contributed by atoms with Crippen LogP contribution < -0.4 is 10.6 Å². The molecule has 0 spiro atoms. The van der Waals surface area contributed by atoms with Crippen molar-refractivity contribution < 1.29 is 4.42 Å². The van der Waals surface area contributed by atoms with E-state index in [1.807, 2.05) is 11.3 Å². The van der Waals surface area contributed by atoms with Crippen LogP contribution in [0.25, 0.3) is 120 Å². The van der Waals surface area contributed by atoms with Gasteiger partial charge in [-0.15, -0.1) is 11.3 Å². The quantitative estimate of drug-likeness (QED) is 0.164. The summed E-state index contributed by atoms with van der Waals surface area (Å²) >= 11 is 1.88.